The van der Waals surface area contributed by atoms with Crippen LogP contribution in [0, 0.1) is 17.8 Å². The monoisotopic (exact) mass is 307 g/mol. The summed E-state index contributed by atoms with van der Waals surface area (Å²) in [6.07, 6.45) is 7.10. The first-order valence-electron chi connectivity index (χ1n) is 6.43. The van der Waals surface area contributed by atoms with Crippen LogP contribution in [0.1, 0.15) is 18.9 Å². The SMILES string of the molecule is C#C[C@]1(CO)C[C@@H](n2cnc3c(N)nc(Cl)nc32)C[C@@H]1O. The summed E-state index contributed by atoms with van der Waals surface area (Å²) in [5.41, 5.74) is 5.78. The number of nitrogens with zero attached hydrogens (tertiary/aromatic N) is 4. The van der Waals surface area contributed by atoms with Crippen LogP contribution in [-0.2, 0) is 0 Å². The van der Waals surface area contributed by atoms with Gasteiger partial charge >= 0.3 is 0 Å². The average molecular weight is 308 g/mol. The molecule has 2 aromatic heterocycles. The van der Waals surface area contributed by atoms with Gasteiger partial charge in [0, 0.05) is 6.04 Å². The van der Waals surface area contributed by atoms with Crippen molar-refractivity contribution in [3.63, 3.8) is 0 Å². The van der Waals surface area contributed by atoms with E-state index in [2.05, 4.69) is 20.9 Å². The fourth-order valence-electron chi connectivity index (χ4n) is 2.88. The van der Waals surface area contributed by atoms with E-state index in [1.807, 2.05) is 0 Å². The Bertz CT molecular complexity index is 740. The molecule has 3 atom stereocenters. The molecule has 0 radical (unpaired) electrons. The molecular weight excluding hydrogens is 294 g/mol. The van der Waals surface area contributed by atoms with Gasteiger partial charge in [-0.3, -0.25) is 0 Å². The first-order chi connectivity index (χ1) is 10.0. The van der Waals surface area contributed by atoms with E-state index in [0.29, 0.717) is 24.0 Å². The van der Waals surface area contributed by atoms with Gasteiger partial charge < -0.3 is 20.5 Å². The Balaban J connectivity index is 2.05. The molecule has 0 aliphatic heterocycles. The van der Waals surface area contributed by atoms with Crippen molar-refractivity contribution < 1.29 is 10.2 Å². The van der Waals surface area contributed by atoms with E-state index in [0.717, 1.165) is 0 Å². The van der Waals surface area contributed by atoms with Gasteiger partial charge in [0.15, 0.2) is 11.5 Å². The van der Waals surface area contributed by atoms with Crippen LogP contribution < -0.4 is 5.73 Å². The quantitative estimate of drug-likeness (QED) is 0.546. The van der Waals surface area contributed by atoms with Crippen molar-refractivity contribution in [3.8, 4) is 12.3 Å². The predicted octanol–water partition coefficient (Wildman–Crippen LogP) is 0.370. The first kappa shape index (κ1) is 14.1. The molecule has 1 saturated carbocycles. The van der Waals surface area contributed by atoms with Crippen LogP contribution in [-0.4, -0.2) is 42.4 Å². The summed E-state index contributed by atoms with van der Waals surface area (Å²) in [6.45, 7) is -0.272. The Labute approximate surface area is 125 Å². The molecule has 1 aliphatic carbocycles. The Hall–Kier alpha value is -1.88. The highest BCUT2D eigenvalue weighted by Gasteiger charge is 2.46. The summed E-state index contributed by atoms with van der Waals surface area (Å²) in [5.74, 6) is 2.72. The number of aliphatic hydroxyl groups excluding tert-OH is 2. The number of nitrogens with two attached hydrogens (primary N) is 1. The van der Waals surface area contributed by atoms with Crippen LogP contribution in [0.3, 0.4) is 0 Å². The van der Waals surface area contributed by atoms with Gasteiger partial charge in [0.1, 0.15) is 5.52 Å². The third kappa shape index (κ3) is 2.03. The second kappa shape index (κ2) is 4.84. The minimum atomic E-state index is -0.941. The summed E-state index contributed by atoms with van der Waals surface area (Å²) in [7, 11) is 0. The van der Waals surface area contributed by atoms with E-state index < -0.39 is 11.5 Å². The number of hydrogen-bond acceptors (Lipinski definition) is 6. The minimum Gasteiger partial charge on any atom is -0.395 e. The van der Waals surface area contributed by atoms with Gasteiger partial charge in [-0.15, -0.1) is 6.42 Å². The zero-order valence-electron chi connectivity index (χ0n) is 11.1. The lowest BCUT2D eigenvalue weighted by molar-refractivity contribution is 0.0475. The van der Waals surface area contributed by atoms with Crippen LogP contribution in [0.5, 0.6) is 0 Å². The number of nitrogen functional groups attached to an aromatic ring is 1. The van der Waals surface area contributed by atoms with E-state index in [4.69, 9.17) is 23.8 Å². The number of rotatable bonds is 2. The molecule has 3 rings (SSSR count). The molecule has 0 amide bonds. The van der Waals surface area contributed by atoms with Crippen molar-refractivity contribution >= 4 is 28.6 Å². The lowest BCUT2D eigenvalue weighted by Crippen LogP contribution is -2.31. The number of hydrogen-bond donors (Lipinski definition) is 3. The second-order valence-electron chi connectivity index (χ2n) is 5.27. The zero-order chi connectivity index (χ0) is 15.2. The Morgan fingerprint density at radius 1 is 1.57 bits per heavy atom. The third-order valence-electron chi connectivity index (χ3n) is 4.12. The Morgan fingerprint density at radius 2 is 2.33 bits per heavy atom. The minimum absolute atomic E-state index is 0.0330. The van der Waals surface area contributed by atoms with Crippen molar-refractivity contribution in [2.75, 3.05) is 12.3 Å². The number of aliphatic hydroxyl groups is 2. The molecule has 2 aromatic rings. The maximum absolute atomic E-state index is 10.2. The van der Waals surface area contributed by atoms with Crippen LogP contribution in [0.15, 0.2) is 6.33 Å². The molecular formula is C13H14ClN5O2. The topological polar surface area (TPSA) is 110 Å². The Morgan fingerprint density at radius 3 is 2.95 bits per heavy atom. The van der Waals surface area contributed by atoms with Crippen molar-refractivity contribution in [2.24, 2.45) is 5.41 Å². The van der Waals surface area contributed by atoms with E-state index >= 15 is 0 Å². The highest BCUT2D eigenvalue weighted by Crippen LogP contribution is 2.44. The van der Waals surface area contributed by atoms with Crippen molar-refractivity contribution in [1.82, 2.24) is 19.5 Å². The maximum atomic E-state index is 10.2. The summed E-state index contributed by atoms with van der Waals surface area (Å²) < 4.78 is 1.78. The highest BCUT2D eigenvalue weighted by atomic mass is 35.5. The van der Waals surface area contributed by atoms with Crippen molar-refractivity contribution in [3.05, 3.63) is 11.6 Å². The van der Waals surface area contributed by atoms with Crippen LogP contribution in [0.25, 0.3) is 11.2 Å². The highest BCUT2D eigenvalue weighted by molar-refractivity contribution is 6.28. The molecule has 0 saturated heterocycles. The zero-order valence-corrected chi connectivity index (χ0v) is 11.8. The van der Waals surface area contributed by atoms with E-state index in [1.165, 1.54) is 0 Å². The van der Waals surface area contributed by atoms with Crippen LogP contribution >= 0.6 is 11.6 Å². The largest absolute Gasteiger partial charge is 0.395 e. The van der Waals surface area contributed by atoms with Crippen molar-refractivity contribution in [1.29, 1.82) is 0 Å². The molecule has 0 aromatic carbocycles. The third-order valence-corrected chi connectivity index (χ3v) is 4.29. The first-order valence-corrected chi connectivity index (χ1v) is 6.81. The van der Waals surface area contributed by atoms with Gasteiger partial charge in [0.05, 0.1) is 24.5 Å². The predicted molar refractivity (Wildman–Crippen MR) is 77.4 cm³/mol. The molecule has 0 bridgehead atoms. The normalized spacial score (nSPS) is 28.9. The fourth-order valence-corrected chi connectivity index (χ4v) is 3.05. The van der Waals surface area contributed by atoms with E-state index in [9.17, 15) is 10.2 Å². The average Bonchev–Trinajstić information content (AvgIpc) is 3.00. The van der Waals surface area contributed by atoms with E-state index in [-0.39, 0.29) is 23.8 Å². The number of anilines is 1. The molecule has 8 heteroatoms. The molecule has 110 valence electrons. The number of halogens is 1. The van der Waals surface area contributed by atoms with Gasteiger partial charge in [-0.25, -0.2) is 4.98 Å². The number of aromatic nitrogens is 4. The number of fused-ring (bicyclic) bond motifs is 1. The maximum Gasteiger partial charge on any atom is 0.226 e. The number of terminal acetylenes is 1. The van der Waals surface area contributed by atoms with Crippen molar-refractivity contribution in [2.45, 2.75) is 25.0 Å². The van der Waals surface area contributed by atoms with Gasteiger partial charge in [-0.1, -0.05) is 5.92 Å². The van der Waals surface area contributed by atoms with Gasteiger partial charge in [0.25, 0.3) is 0 Å². The Kier molecular flexibility index (Phi) is 3.24. The summed E-state index contributed by atoms with van der Waals surface area (Å²) >= 11 is 5.83. The van der Waals surface area contributed by atoms with Crippen LogP contribution in [0.2, 0.25) is 5.28 Å². The molecule has 0 unspecified atom stereocenters. The molecule has 0 spiro atoms. The van der Waals surface area contributed by atoms with Gasteiger partial charge in [-0.05, 0) is 24.4 Å². The molecule has 1 aliphatic rings. The summed E-state index contributed by atoms with van der Waals surface area (Å²) in [6, 6.07) is -0.140. The molecule has 21 heavy (non-hydrogen) atoms. The van der Waals surface area contributed by atoms with Gasteiger partial charge in [0.2, 0.25) is 5.28 Å². The lowest BCUT2D eigenvalue weighted by Gasteiger charge is -2.23. The molecule has 2 heterocycles. The van der Waals surface area contributed by atoms with Crippen LogP contribution in [0.4, 0.5) is 5.82 Å². The molecule has 7 nitrogen and oxygen atoms in total. The smallest absolute Gasteiger partial charge is 0.226 e. The summed E-state index contributed by atoms with van der Waals surface area (Å²) in [5, 5.41) is 19.7. The fraction of sp³-hybridized carbons (Fsp3) is 0.462. The number of imidazole rings is 1. The summed E-state index contributed by atoms with van der Waals surface area (Å²) in [4.78, 5) is 12.2. The molecule has 1 fully saturated rings. The molecule has 4 N–H and O–H groups in total. The van der Waals surface area contributed by atoms with Gasteiger partial charge in [-0.2, -0.15) is 9.97 Å². The standard InChI is InChI=1S/C13H14ClN5O2/c1-2-13(5-20)4-7(3-8(13)21)19-6-16-9-10(15)17-12(14)18-11(9)19/h1,6-8,20-21H,3-5H2,(H2,15,17,18)/t7-,8-,13+/m0/s1. The van der Waals surface area contributed by atoms with E-state index in [1.54, 1.807) is 10.9 Å². The lowest BCUT2D eigenvalue weighted by atomic mass is 9.86. The second-order valence-corrected chi connectivity index (χ2v) is 5.61.